The summed E-state index contributed by atoms with van der Waals surface area (Å²) in [6.07, 6.45) is 5.71. The molecule has 5 nitrogen and oxygen atoms in total. The summed E-state index contributed by atoms with van der Waals surface area (Å²) in [6, 6.07) is 17.0. The molecule has 0 bridgehead atoms. The number of carbonyl (C=O) groups excluding carboxylic acids is 1. The monoisotopic (exact) mass is 457 g/mol. The van der Waals surface area contributed by atoms with Crippen LogP contribution in [0.15, 0.2) is 60.8 Å². The van der Waals surface area contributed by atoms with E-state index in [-0.39, 0.29) is 16.9 Å². The Morgan fingerprint density at radius 2 is 1.53 bits per heavy atom. The number of para-hydroxylation sites is 1. The number of rotatable bonds is 5. The van der Waals surface area contributed by atoms with Gasteiger partial charge in [0, 0.05) is 23.0 Å². The van der Waals surface area contributed by atoms with Crippen LogP contribution in [-0.4, -0.2) is 16.1 Å². The second kappa shape index (κ2) is 10.1. The minimum atomic E-state index is -0.291. The van der Waals surface area contributed by atoms with Gasteiger partial charge >= 0.3 is 6.03 Å². The molecule has 1 heterocycles. The Morgan fingerprint density at radius 1 is 0.912 bits per heavy atom. The molecule has 5 heteroatoms. The standard InChI is InChI=1S/C29H35N3O2/c1-28(2,3)23-17-20(18-24(26(23)33)29(4,5)6)14-15-21-11-7-8-13-25(21)32-27(34)31-19-22-12-9-10-16-30-22/h7-18,33H,19H2,1-6H3,(H2,31,32,34)/b15-14+. The van der Waals surface area contributed by atoms with Crippen molar-refractivity contribution < 1.29 is 9.90 Å². The maximum Gasteiger partial charge on any atom is 0.319 e. The zero-order chi connectivity index (χ0) is 24.9. The molecule has 0 aliphatic heterocycles. The number of hydrogen-bond donors (Lipinski definition) is 3. The zero-order valence-corrected chi connectivity index (χ0v) is 20.9. The fourth-order valence-corrected chi connectivity index (χ4v) is 3.68. The number of phenolic OH excluding ortho intramolecular Hbond substituents is 1. The normalized spacial score (nSPS) is 12.1. The Hall–Kier alpha value is -3.60. The predicted molar refractivity (Wildman–Crippen MR) is 141 cm³/mol. The molecule has 34 heavy (non-hydrogen) atoms. The summed E-state index contributed by atoms with van der Waals surface area (Å²) < 4.78 is 0. The van der Waals surface area contributed by atoms with Crippen molar-refractivity contribution in [3.05, 3.63) is 88.7 Å². The van der Waals surface area contributed by atoms with E-state index < -0.39 is 0 Å². The Bertz CT molecular complexity index is 1130. The van der Waals surface area contributed by atoms with Gasteiger partial charge in [-0.1, -0.05) is 78.0 Å². The summed E-state index contributed by atoms with van der Waals surface area (Å²) in [5.41, 5.74) is 4.84. The molecular weight excluding hydrogens is 422 g/mol. The van der Waals surface area contributed by atoms with Crippen molar-refractivity contribution in [1.29, 1.82) is 0 Å². The maximum atomic E-state index is 12.5. The van der Waals surface area contributed by atoms with Crippen LogP contribution in [0.25, 0.3) is 12.2 Å². The number of phenols is 1. The number of aromatic hydroxyl groups is 1. The van der Waals surface area contributed by atoms with Crippen LogP contribution in [0.5, 0.6) is 5.75 Å². The largest absolute Gasteiger partial charge is 0.507 e. The molecule has 0 spiro atoms. The van der Waals surface area contributed by atoms with E-state index in [1.165, 1.54) is 0 Å². The second-order valence-corrected chi connectivity index (χ2v) is 10.5. The molecule has 3 rings (SSSR count). The fourth-order valence-electron chi connectivity index (χ4n) is 3.68. The topological polar surface area (TPSA) is 74.2 Å². The first-order chi connectivity index (χ1) is 15.9. The quantitative estimate of drug-likeness (QED) is 0.366. The number of anilines is 1. The van der Waals surface area contributed by atoms with Crippen LogP contribution in [-0.2, 0) is 17.4 Å². The first-order valence-electron chi connectivity index (χ1n) is 11.5. The summed E-state index contributed by atoms with van der Waals surface area (Å²) in [5.74, 6) is 0.365. The summed E-state index contributed by atoms with van der Waals surface area (Å²) in [4.78, 5) is 16.7. The number of carbonyl (C=O) groups is 1. The number of nitrogens with one attached hydrogen (secondary N) is 2. The van der Waals surface area contributed by atoms with Crippen molar-refractivity contribution in [2.45, 2.75) is 58.9 Å². The molecule has 0 aliphatic rings. The Kier molecular flexibility index (Phi) is 7.45. The lowest BCUT2D eigenvalue weighted by Gasteiger charge is -2.27. The molecule has 0 fully saturated rings. The number of urea groups is 1. The first-order valence-corrected chi connectivity index (χ1v) is 11.5. The molecule has 2 amide bonds. The van der Waals surface area contributed by atoms with Gasteiger partial charge in [-0.05, 0) is 52.3 Å². The minimum absolute atomic E-state index is 0.195. The molecule has 0 unspecified atom stereocenters. The van der Waals surface area contributed by atoms with E-state index in [1.54, 1.807) is 6.20 Å². The molecule has 0 aliphatic carbocycles. The van der Waals surface area contributed by atoms with E-state index >= 15 is 0 Å². The number of pyridine rings is 1. The predicted octanol–water partition coefficient (Wildman–Crippen LogP) is 6.87. The van der Waals surface area contributed by atoms with Crippen molar-refractivity contribution in [1.82, 2.24) is 10.3 Å². The Morgan fingerprint density at radius 3 is 2.12 bits per heavy atom. The molecule has 0 saturated carbocycles. The minimum Gasteiger partial charge on any atom is -0.507 e. The van der Waals surface area contributed by atoms with Gasteiger partial charge in [-0.2, -0.15) is 0 Å². The average molecular weight is 458 g/mol. The van der Waals surface area contributed by atoms with Gasteiger partial charge in [0.15, 0.2) is 0 Å². The number of amides is 2. The van der Waals surface area contributed by atoms with Gasteiger partial charge in [0.05, 0.1) is 12.2 Å². The molecule has 0 saturated heterocycles. The number of nitrogens with zero attached hydrogens (tertiary/aromatic N) is 1. The van der Waals surface area contributed by atoms with Gasteiger partial charge < -0.3 is 15.7 Å². The molecule has 178 valence electrons. The molecule has 0 radical (unpaired) electrons. The third kappa shape index (κ3) is 6.47. The van der Waals surface area contributed by atoms with Crippen molar-refractivity contribution in [2.75, 3.05) is 5.32 Å². The van der Waals surface area contributed by atoms with Crippen LogP contribution in [0.3, 0.4) is 0 Å². The second-order valence-electron chi connectivity index (χ2n) is 10.5. The van der Waals surface area contributed by atoms with E-state index in [0.717, 1.165) is 27.9 Å². The van der Waals surface area contributed by atoms with Gasteiger partial charge in [-0.15, -0.1) is 0 Å². The SMILES string of the molecule is CC(C)(C)c1cc(/C=C/c2ccccc2NC(=O)NCc2ccccn2)cc(C(C)(C)C)c1O. The molecular formula is C29H35N3O2. The molecule has 1 aromatic heterocycles. The van der Waals surface area contributed by atoms with E-state index in [2.05, 4.69) is 57.2 Å². The van der Waals surface area contributed by atoms with Crippen LogP contribution in [0, 0.1) is 0 Å². The molecule has 3 aromatic rings. The van der Waals surface area contributed by atoms with Crippen LogP contribution < -0.4 is 10.6 Å². The third-order valence-corrected chi connectivity index (χ3v) is 5.57. The van der Waals surface area contributed by atoms with E-state index in [4.69, 9.17) is 0 Å². The fraction of sp³-hybridized carbons (Fsp3) is 0.310. The van der Waals surface area contributed by atoms with Crippen molar-refractivity contribution >= 4 is 23.9 Å². The average Bonchev–Trinajstić information content (AvgIpc) is 2.77. The van der Waals surface area contributed by atoms with Crippen molar-refractivity contribution in [3.8, 4) is 5.75 Å². The highest BCUT2D eigenvalue weighted by Gasteiger charge is 2.26. The lowest BCUT2D eigenvalue weighted by atomic mass is 9.78. The lowest BCUT2D eigenvalue weighted by molar-refractivity contribution is 0.251. The smallest absolute Gasteiger partial charge is 0.319 e. The molecule has 3 N–H and O–H groups in total. The first kappa shape index (κ1) is 25.0. The maximum absolute atomic E-state index is 12.5. The lowest BCUT2D eigenvalue weighted by Crippen LogP contribution is -2.28. The number of aromatic nitrogens is 1. The van der Waals surface area contributed by atoms with Crippen LogP contribution in [0.4, 0.5) is 10.5 Å². The number of benzene rings is 2. The highest BCUT2D eigenvalue weighted by atomic mass is 16.3. The Balaban J connectivity index is 1.84. The summed E-state index contributed by atoms with van der Waals surface area (Å²) in [5, 5.41) is 16.7. The highest BCUT2D eigenvalue weighted by Crippen LogP contribution is 2.40. The van der Waals surface area contributed by atoms with E-state index in [0.29, 0.717) is 18.0 Å². The van der Waals surface area contributed by atoms with Gasteiger partial charge in [0.25, 0.3) is 0 Å². The van der Waals surface area contributed by atoms with Gasteiger partial charge in [0.1, 0.15) is 5.75 Å². The van der Waals surface area contributed by atoms with Gasteiger partial charge in [-0.3, -0.25) is 4.98 Å². The Labute approximate surface area is 203 Å². The van der Waals surface area contributed by atoms with Crippen LogP contribution in [0.1, 0.15) is 69.5 Å². The van der Waals surface area contributed by atoms with E-state index in [9.17, 15) is 9.90 Å². The van der Waals surface area contributed by atoms with Crippen molar-refractivity contribution in [2.24, 2.45) is 0 Å². The molecule has 2 aromatic carbocycles. The zero-order valence-electron chi connectivity index (χ0n) is 20.9. The van der Waals surface area contributed by atoms with Crippen LogP contribution >= 0.6 is 0 Å². The third-order valence-electron chi connectivity index (χ3n) is 5.57. The van der Waals surface area contributed by atoms with Gasteiger partial charge in [-0.25, -0.2) is 4.79 Å². The number of hydrogen-bond acceptors (Lipinski definition) is 3. The van der Waals surface area contributed by atoms with Gasteiger partial charge in [0.2, 0.25) is 0 Å². The summed E-state index contributed by atoms with van der Waals surface area (Å²) in [6.45, 7) is 13.0. The highest BCUT2D eigenvalue weighted by molar-refractivity contribution is 5.92. The van der Waals surface area contributed by atoms with E-state index in [1.807, 2.05) is 66.7 Å². The van der Waals surface area contributed by atoms with Crippen molar-refractivity contribution in [3.63, 3.8) is 0 Å². The summed E-state index contributed by atoms with van der Waals surface area (Å²) in [7, 11) is 0. The molecule has 0 atom stereocenters. The van der Waals surface area contributed by atoms with Crippen LogP contribution in [0.2, 0.25) is 0 Å². The summed E-state index contributed by atoms with van der Waals surface area (Å²) >= 11 is 0.